The number of halogens is 3. The monoisotopic (exact) mass is 550 g/mol. The fourth-order valence-electron chi connectivity index (χ4n) is 4.95. The summed E-state index contributed by atoms with van der Waals surface area (Å²) in [7, 11) is 1.36. The van der Waals surface area contributed by atoms with Crippen LogP contribution in [0.2, 0.25) is 0 Å². The number of carbonyl (C=O) groups is 1. The van der Waals surface area contributed by atoms with E-state index in [2.05, 4.69) is 5.32 Å². The summed E-state index contributed by atoms with van der Waals surface area (Å²) in [6.45, 7) is 7.52. The molecule has 1 saturated heterocycles. The van der Waals surface area contributed by atoms with Gasteiger partial charge in [0.15, 0.2) is 17.8 Å². The molecule has 13 heteroatoms. The van der Waals surface area contributed by atoms with E-state index in [9.17, 15) is 27.6 Å². The Hall–Kier alpha value is -3.58. The molecule has 1 fully saturated rings. The van der Waals surface area contributed by atoms with Crippen molar-refractivity contribution < 1.29 is 22.8 Å². The number of allylic oxidation sites excluding steroid dienone is 1. The second kappa shape index (κ2) is 11.3. The molecule has 10 nitrogen and oxygen atoms in total. The van der Waals surface area contributed by atoms with Crippen LogP contribution in [0, 0.1) is 0 Å². The van der Waals surface area contributed by atoms with Gasteiger partial charge in [-0.15, -0.1) is 5.06 Å². The number of piperazine rings is 1. The highest BCUT2D eigenvalue weighted by molar-refractivity contribution is 5.80. The smallest absolute Gasteiger partial charge is 0.327 e. The number of hydrogen-bond acceptors (Lipinski definition) is 8. The van der Waals surface area contributed by atoms with E-state index in [1.807, 2.05) is 55.2 Å². The number of nitrogens with one attached hydrogen (secondary N) is 1. The molecule has 3 heterocycles. The predicted molar refractivity (Wildman–Crippen MR) is 140 cm³/mol. The summed E-state index contributed by atoms with van der Waals surface area (Å²) in [5, 5.41) is 3.95. The molecule has 0 radical (unpaired) electrons. The van der Waals surface area contributed by atoms with Crippen molar-refractivity contribution in [2.45, 2.75) is 45.7 Å². The van der Waals surface area contributed by atoms with Gasteiger partial charge >= 0.3 is 17.8 Å². The zero-order valence-electron chi connectivity index (χ0n) is 22.4. The van der Waals surface area contributed by atoms with Crippen LogP contribution in [0.5, 0.6) is 0 Å². The third-order valence-corrected chi connectivity index (χ3v) is 6.83. The highest BCUT2D eigenvalue weighted by atomic mass is 19.4. The second-order valence-corrected chi connectivity index (χ2v) is 10.00. The van der Waals surface area contributed by atoms with Gasteiger partial charge in [-0.25, -0.2) is 9.59 Å². The minimum absolute atomic E-state index is 0.00646. The lowest BCUT2D eigenvalue weighted by atomic mass is 10.1. The molecule has 1 aromatic carbocycles. The summed E-state index contributed by atoms with van der Waals surface area (Å²) >= 11 is 0. The molecule has 2 aliphatic rings. The average molecular weight is 551 g/mol. The van der Waals surface area contributed by atoms with Crippen molar-refractivity contribution in [3.05, 3.63) is 68.4 Å². The van der Waals surface area contributed by atoms with Crippen molar-refractivity contribution in [1.82, 2.24) is 19.4 Å². The first-order valence-electron chi connectivity index (χ1n) is 12.7. The molecule has 2 unspecified atom stereocenters. The minimum Gasteiger partial charge on any atom is -0.327 e. The van der Waals surface area contributed by atoms with Crippen LogP contribution in [0.15, 0.2) is 51.6 Å². The Kier molecular flexibility index (Phi) is 8.21. The molecule has 0 saturated carbocycles. The fourth-order valence-corrected chi connectivity index (χ4v) is 4.95. The maximum absolute atomic E-state index is 14.0. The molecule has 39 heavy (non-hydrogen) atoms. The van der Waals surface area contributed by atoms with Crippen LogP contribution in [0.25, 0.3) is 0 Å². The fraction of sp³-hybridized carbons (Fsp3) is 0.500. The Bertz CT molecular complexity index is 1340. The molecule has 1 aromatic heterocycles. The summed E-state index contributed by atoms with van der Waals surface area (Å²) < 4.78 is 42.3. The lowest BCUT2D eigenvalue weighted by Crippen LogP contribution is -2.61. The number of hydroxylamine groups is 1. The number of anilines is 2. The van der Waals surface area contributed by atoms with Gasteiger partial charge in [-0.1, -0.05) is 42.0 Å². The normalized spacial score (nSPS) is 18.6. The van der Waals surface area contributed by atoms with Gasteiger partial charge < -0.3 is 15.1 Å². The van der Waals surface area contributed by atoms with E-state index in [4.69, 9.17) is 4.84 Å². The van der Waals surface area contributed by atoms with Gasteiger partial charge in [0.1, 0.15) is 0 Å². The second-order valence-electron chi connectivity index (χ2n) is 10.00. The molecule has 0 bridgehead atoms. The Labute approximate surface area is 223 Å². The molecule has 212 valence electrons. The number of benzene rings is 1. The number of alkyl halides is 3. The van der Waals surface area contributed by atoms with Crippen molar-refractivity contribution >= 4 is 17.5 Å². The van der Waals surface area contributed by atoms with Gasteiger partial charge in [0, 0.05) is 45.8 Å². The molecule has 4 rings (SSSR count). The Morgan fingerprint density at radius 2 is 1.79 bits per heavy atom. The molecule has 0 amide bonds. The zero-order chi connectivity index (χ0) is 28.5. The van der Waals surface area contributed by atoms with E-state index in [0.29, 0.717) is 32.6 Å². The van der Waals surface area contributed by atoms with E-state index < -0.39 is 35.7 Å². The molecule has 1 N–H and O–H groups in total. The van der Waals surface area contributed by atoms with Crippen molar-refractivity contribution in [1.29, 1.82) is 0 Å². The SMILES string of the molecule is CC(C)=CCN1c2c(n(C)c(=O)n(C(C)Cc3ccccc3)c2=O)N(OC(=O)C(F)(F)F)C1N1CCNCC1. The van der Waals surface area contributed by atoms with Gasteiger partial charge in [-0.3, -0.25) is 18.8 Å². The van der Waals surface area contributed by atoms with E-state index in [-0.39, 0.29) is 18.1 Å². The molecular formula is C26H33F3N6O4. The van der Waals surface area contributed by atoms with Crippen molar-refractivity contribution in [3.63, 3.8) is 0 Å². The molecule has 0 aliphatic carbocycles. The van der Waals surface area contributed by atoms with E-state index >= 15 is 0 Å². The van der Waals surface area contributed by atoms with E-state index in [0.717, 1.165) is 25.3 Å². The number of carbonyl (C=O) groups excluding carboxylic acids is 1. The van der Waals surface area contributed by atoms with Crippen LogP contribution in [0.3, 0.4) is 0 Å². The first-order valence-corrected chi connectivity index (χ1v) is 12.7. The van der Waals surface area contributed by atoms with E-state index in [1.165, 1.54) is 7.05 Å². The standard InChI is InChI=1S/C26H33F3N6O4/c1-17(2)10-13-33-20-21(35(39-23(37)26(27,28)29)24(33)32-14-11-30-12-15-32)31(4)25(38)34(22(20)36)18(3)16-19-8-6-5-7-9-19/h5-10,18,24,30H,11-16H2,1-4H3. The number of hydrogen-bond donors (Lipinski definition) is 1. The third-order valence-electron chi connectivity index (χ3n) is 6.83. The zero-order valence-corrected chi connectivity index (χ0v) is 22.4. The van der Waals surface area contributed by atoms with Crippen LogP contribution in [-0.2, 0) is 23.1 Å². The van der Waals surface area contributed by atoms with Crippen LogP contribution < -0.4 is 26.5 Å². The molecule has 0 spiro atoms. The first kappa shape index (κ1) is 28.4. The van der Waals surface area contributed by atoms with Crippen LogP contribution >= 0.6 is 0 Å². The third kappa shape index (κ3) is 5.74. The molecule has 2 aliphatic heterocycles. The van der Waals surface area contributed by atoms with Crippen molar-refractivity contribution in [3.8, 4) is 0 Å². The van der Waals surface area contributed by atoms with Crippen LogP contribution in [-0.4, -0.2) is 65.2 Å². The van der Waals surface area contributed by atoms with Gasteiger partial charge in [0.2, 0.25) is 0 Å². The number of rotatable bonds is 7. The van der Waals surface area contributed by atoms with Crippen LogP contribution in [0.4, 0.5) is 24.7 Å². The number of fused-ring (bicyclic) bond motifs is 1. The van der Waals surface area contributed by atoms with Gasteiger partial charge in [-0.05, 0) is 32.8 Å². The van der Waals surface area contributed by atoms with E-state index in [1.54, 1.807) is 11.8 Å². The van der Waals surface area contributed by atoms with Crippen LogP contribution in [0.1, 0.15) is 32.4 Å². The highest BCUT2D eigenvalue weighted by Gasteiger charge is 2.50. The summed E-state index contributed by atoms with van der Waals surface area (Å²) in [4.78, 5) is 48.0. The van der Waals surface area contributed by atoms with Gasteiger partial charge in [0.05, 0.1) is 0 Å². The van der Waals surface area contributed by atoms with Crippen molar-refractivity contribution in [2.24, 2.45) is 7.05 Å². The first-order chi connectivity index (χ1) is 18.4. The van der Waals surface area contributed by atoms with Gasteiger partial charge in [-0.2, -0.15) is 13.2 Å². The summed E-state index contributed by atoms with van der Waals surface area (Å²) in [6, 6.07) is 8.80. The quantitative estimate of drug-likeness (QED) is 0.525. The summed E-state index contributed by atoms with van der Waals surface area (Å²) in [5.41, 5.74) is 0.444. The van der Waals surface area contributed by atoms with Gasteiger partial charge in [0.25, 0.3) is 5.56 Å². The summed E-state index contributed by atoms with van der Waals surface area (Å²) in [6.07, 6.45) is -4.13. The predicted octanol–water partition coefficient (Wildman–Crippen LogP) is 2.15. The lowest BCUT2D eigenvalue weighted by molar-refractivity contribution is -0.203. The highest BCUT2D eigenvalue weighted by Crippen LogP contribution is 2.39. The van der Waals surface area contributed by atoms with Crippen molar-refractivity contribution in [2.75, 3.05) is 42.7 Å². The largest absolute Gasteiger partial charge is 0.493 e. The Morgan fingerprint density at radius 1 is 1.15 bits per heavy atom. The summed E-state index contributed by atoms with van der Waals surface area (Å²) in [5.74, 6) is -2.64. The topological polar surface area (TPSA) is 92.0 Å². The molecule has 2 atom stereocenters. The average Bonchev–Trinajstić information content (AvgIpc) is 3.20. The molecule has 2 aromatic rings. The molecular weight excluding hydrogens is 517 g/mol. The maximum Gasteiger partial charge on any atom is 0.493 e. The Balaban J connectivity index is 1.91. The lowest BCUT2D eigenvalue weighted by Gasteiger charge is -2.40. The number of aromatic nitrogens is 2. The minimum atomic E-state index is -5.28. The Morgan fingerprint density at radius 3 is 2.38 bits per heavy atom. The maximum atomic E-state index is 14.0. The number of nitrogens with zero attached hydrogens (tertiary/aromatic N) is 5.